The van der Waals surface area contributed by atoms with Gasteiger partial charge in [-0.1, -0.05) is 0 Å². The van der Waals surface area contributed by atoms with Crippen molar-refractivity contribution in [2.75, 3.05) is 0 Å². The summed E-state index contributed by atoms with van der Waals surface area (Å²) in [6.07, 6.45) is 6.14. The zero-order chi connectivity index (χ0) is 9.56. The summed E-state index contributed by atoms with van der Waals surface area (Å²) < 4.78 is 4.16. The third kappa shape index (κ3) is 9.07. The standard InChI is InChI=1S/C6H11N2.C2H4O2.BrH/c1-3-8-5-4-7(2)6-8;1-2(3)4;/h4-6H,3H2,1-2H3;1H3,(H,3,4);1H/q+1;;. The van der Waals surface area contributed by atoms with Gasteiger partial charge in [0.05, 0.1) is 13.6 Å². The second kappa shape index (κ2) is 7.79. The van der Waals surface area contributed by atoms with E-state index in [4.69, 9.17) is 9.90 Å². The molecule has 0 atom stereocenters. The van der Waals surface area contributed by atoms with Gasteiger partial charge in [0, 0.05) is 6.92 Å². The molecular weight excluding hydrogens is 236 g/mol. The van der Waals surface area contributed by atoms with E-state index in [9.17, 15) is 0 Å². The van der Waals surface area contributed by atoms with Crippen LogP contribution in [0.4, 0.5) is 0 Å². The van der Waals surface area contributed by atoms with Gasteiger partial charge in [-0.05, 0) is 6.92 Å². The van der Waals surface area contributed by atoms with Gasteiger partial charge in [-0.2, -0.15) is 0 Å². The Bertz CT molecular complexity index is 244. The number of aliphatic carboxylic acids is 1. The Balaban J connectivity index is 0. The molecule has 0 saturated heterocycles. The van der Waals surface area contributed by atoms with Crippen molar-refractivity contribution in [3.63, 3.8) is 0 Å². The second-order valence-electron chi connectivity index (χ2n) is 2.43. The summed E-state index contributed by atoms with van der Waals surface area (Å²) in [5, 5.41) is 7.42. The van der Waals surface area contributed by atoms with Crippen molar-refractivity contribution in [3.05, 3.63) is 18.7 Å². The van der Waals surface area contributed by atoms with Crippen molar-refractivity contribution in [3.8, 4) is 0 Å². The van der Waals surface area contributed by atoms with Crippen LogP contribution in [0.25, 0.3) is 0 Å². The van der Waals surface area contributed by atoms with Crippen molar-refractivity contribution >= 4 is 23.0 Å². The molecular formula is C8H16BrN2O2+. The number of carboxylic acids is 1. The number of imidazole rings is 1. The smallest absolute Gasteiger partial charge is 0.300 e. The van der Waals surface area contributed by atoms with E-state index >= 15 is 0 Å². The number of aromatic nitrogens is 2. The van der Waals surface area contributed by atoms with Gasteiger partial charge in [0.2, 0.25) is 6.33 Å². The molecule has 4 nitrogen and oxygen atoms in total. The number of nitrogens with zero attached hydrogens (tertiary/aromatic N) is 2. The number of carboxylic acid groups (broad SMARTS) is 1. The first kappa shape index (κ1) is 14.7. The molecule has 0 spiro atoms. The maximum absolute atomic E-state index is 9.00. The summed E-state index contributed by atoms with van der Waals surface area (Å²) in [5.41, 5.74) is 0. The molecule has 0 aromatic carbocycles. The lowest BCUT2D eigenvalue weighted by Crippen LogP contribution is -2.23. The maximum atomic E-state index is 9.00. The van der Waals surface area contributed by atoms with Crippen molar-refractivity contribution in [2.24, 2.45) is 7.05 Å². The van der Waals surface area contributed by atoms with Gasteiger partial charge < -0.3 is 5.11 Å². The van der Waals surface area contributed by atoms with Crippen LogP contribution in [0, 0.1) is 0 Å². The zero-order valence-corrected chi connectivity index (χ0v) is 9.81. The quantitative estimate of drug-likeness (QED) is 0.758. The number of aryl methyl sites for hydroxylation is 2. The molecule has 0 unspecified atom stereocenters. The number of rotatable bonds is 1. The van der Waals surface area contributed by atoms with Crippen molar-refractivity contribution in [1.29, 1.82) is 0 Å². The van der Waals surface area contributed by atoms with Crippen LogP contribution in [0.15, 0.2) is 18.7 Å². The molecule has 1 aromatic heterocycles. The maximum Gasteiger partial charge on any atom is 0.300 e. The summed E-state index contributed by atoms with van der Waals surface area (Å²) in [6.45, 7) is 4.26. The van der Waals surface area contributed by atoms with E-state index in [2.05, 4.69) is 24.0 Å². The molecule has 5 heteroatoms. The van der Waals surface area contributed by atoms with Crippen molar-refractivity contribution in [2.45, 2.75) is 20.4 Å². The summed E-state index contributed by atoms with van der Waals surface area (Å²) in [4.78, 5) is 9.00. The first-order chi connectivity index (χ1) is 5.56. The Hall–Kier alpha value is -0.840. The molecule has 0 bridgehead atoms. The number of carbonyl (C=O) groups is 1. The highest BCUT2D eigenvalue weighted by atomic mass is 79.9. The monoisotopic (exact) mass is 251 g/mol. The molecule has 1 heterocycles. The summed E-state index contributed by atoms with van der Waals surface area (Å²) in [5.74, 6) is -0.833. The lowest BCUT2D eigenvalue weighted by atomic mass is 10.7. The largest absolute Gasteiger partial charge is 0.481 e. The predicted octanol–water partition coefficient (Wildman–Crippen LogP) is 1.00. The zero-order valence-electron chi connectivity index (χ0n) is 8.10. The van der Waals surface area contributed by atoms with Crippen LogP contribution in [-0.4, -0.2) is 15.6 Å². The first-order valence-electron chi connectivity index (χ1n) is 3.76. The average Bonchev–Trinajstić information content (AvgIpc) is 2.34. The van der Waals surface area contributed by atoms with Crippen LogP contribution < -0.4 is 4.57 Å². The van der Waals surface area contributed by atoms with Gasteiger partial charge in [-0.3, -0.25) is 4.79 Å². The van der Waals surface area contributed by atoms with Crippen molar-refractivity contribution in [1.82, 2.24) is 4.57 Å². The molecule has 1 rings (SSSR count). The fourth-order valence-electron chi connectivity index (χ4n) is 0.689. The second-order valence-corrected chi connectivity index (χ2v) is 2.43. The Kier molecular flexibility index (Phi) is 8.79. The van der Waals surface area contributed by atoms with Crippen LogP contribution in [0.3, 0.4) is 0 Å². The minimum Gasteiger partial charge on any atom is -0.481 e. The van der Waals surface area contributed by atoms with E-state index in [-0.39, 0.29) is 17.0 Å². The van der Waals surface area contributed by atoms with E-state index in [0.29, 0.717) is 0 Å². The molecule has 0 fully saturated rings. The highest BCUT2D eigenvalue weighted by molar-refractivity contribution is 8.93. The Morgan fingerprint density at radius 2 is 2.08 bits per heavy atom. The van der Waals surface area contributed by atoms with Crippen molar-refractivity contribution < 1.29 is 14.5 Å². The molecule has 1 aromatic rings. The minimum atomic E-state index is -0.833. The number of hydrogen-bond donors (Lipinski definition) is 1. The van der Waals surface area contributed by atoms with E-state index in [0.717, 1.165) is 13.5 Å². The summed E-state index contributed by atoms with van der Waals surface area (Å²) in [6, 6.07) is 0. The van der Waals surface area contributed by atoms with Crippen LogP contribution in [-0.2, 0) is 18.4 Å². The van der Waals surface area contributed by atoms with Crippen LogP contribution >= 0.6 is 17.0 Å². The molecule has 0 aliphatic heterocycles. The molecule has 1 N–H and O–H groups in total. The first-order valence-corrected chi connectivity index (χ1v) is 3.76. The average molecular weight is 252 g/mol. The lowest BCUT2D eigenvalue weighted by molar-refractivity contribution is -0.671. The minimum absolute atomic E-state index is 0. The van der Waals surface area contributed by atoms with Gasteiger partial charge >= 0.3 is 0 Å². The van der Waals surface area contributed by atoms with Gasteiger partial charge in [0.15, 0.2) is 0 Å². The highest BCUT2D eigenvalue weighted by Crippen LogP contribution is 1.79. The lowest BCUT2D eigenvalue weighted by Gasteiger charge is -1.81. The van der Waals surface area contributed by atoms with E-state index < -0.39 is 5.97 Å². The van der Waals surface area contributed by atoms with Gasteiger partial charge in [-0.15, -0.1) is 17.0 Å². The summed E-state index contributed by atoms with van der Waals surface area (Å²) in [7, 11) is 2.02. The van der Waals surface area contributed by atoms with Crippen LogP contribution in [0.2, 0.25) is 0 Å². The Morgan fingerprint density at radius 1 is 1.62 bits per heavy atom. The Morgan fingerprint density at radius 3 is 2.23 bits per heavy atom. The third-order valence-corrected chi connectivity index (χ3v) is 1.19. The molecule has 76 valence electrons. The topological polar surface area (TPSA) is 46.1 Å². The van der Waals surface area contributed by atoms with Gasteiger partial charge in [-0.25, -0.2) is 9.13 Å². The molecule has 0 aliphatic carbocycles. The SMILES string of the molecule is Br.CC(=O)O.CCn1cc[n+](C)c1. The summed E-state index contributed by atoms with van der Waals surface area (Å²) >= 11 is 0. The molecule has 0 aliphatic rings. The molecule has 0 radical (unpaired) electrons. The van der Waals surface area contributed by atoms with Crippen LogP contribution in [0.1, 0.15) is 13.8 Å². The fraction of sp³-hybridized carbons (Fsp3) is 0.500. The fourth-order valence-corrected chi connectivity index (χ4v) is 0.689. The van der Waals surface area contributed by atoms with Gasteiger partial charge in [0.25, 0.3) is 5.97 Å². The normalized spacial score (nSPS) is 7.92. The molecule has 0 amide bonds. The van der Waals surface area contributed by atoms with E-state index in [1.54, 1.807) is 0 Å². The number of hydrogen-bond acceptors (Lipinski definition) is 1. The molecule has 13 heavy (non-hydrogen) atoms. The molecule has 0 saturated carbocycles. The van der Waals surface area contributed by atoms with E-state index in [1.165, 1.54) is 0 Å². The van der Waals surface area contributed by atoms with Crippen LogP contribution in [0.5, 0.6) is 0 Å². The highest BCUT2D eigenvalue weighted by Gasteiger charge is 1.92. The predicted molar refractivity (Wildman–Crippen MR) is 54.9 cm³/mol. The third-order valence-electron chi connectivity index (χ3n) is 1.19. The Labute approximate surface area is 88.6 Å². The number of halogens is 1. The van der Waals surface area contributed by atoms with E-state index in [1.807, 2.05) is 17.8 Å². The van der Waals surface area contributed by atoms with Gasteiger partial charge in [0.1, 0.15) is 12.4 Å².